The number of ether oxygens (including phenoxy) is 3. The molecule has 234 valence electrons. The molecule has 1 saturated heterocycles. The van der Waals surface area contributed by atoms with Gasteiger partial charge in [0.15, 0.2) is 0 Å². The van der Waals surface area contributed by atoms with Gasteiger partial charge in [0.2, 0.25) is 10.0 Å². The molecular weight excluding hydrogens is 592 g/mol. The van der Waals surface area contributed by atoms with Crippen molar-refractivity contribution in [2.24, 2.45) is 17.0 Å². The van der Waals surface area contributed by atoms with E-state index in [0.29, 0.717) is 30.8 Å². The Morgan fingerprint density at radius 3 is 2.81 bits per heavy atom. The first kappa shape index (κ1) is 30.6. The van der Waals surface area contributed by atoms with Crippen LogP contribution in [0.3, 0.4) is 0 Å². The number of carboxylic acid groups (broad SMARTS) is 1. The van der Waals surface area contributed by atoms with Gasteiger partial charge in [-0.15, -0.1) is 0 Å². The Bertz CT molecular complexity index is 1470. The zero-order valence-electron chi connectivity index (χ0n) is 24.5. The maximum atomic E-state index is 12.0. The van der Waals surface area contributed by atoms with E-state index in [1.165, 1.54) is 11.1 Å². The van der Waals surface area contributed by atoms with Crippen LogP contribution in [-0.2, 0) is 31.3 Å². The monoisotopic (exact) mass is 632 g/mol. The molecule has 6 atom stereocenters. The van der Waals surface area contributed by atoms with Crippen molar-refractivity contribution >= 4 is 33.3 Å². The van der Waals surface area contributed by atoms with Crippen molar-refractivity contribution < 1.29 is 32.5 Å². The predicted octanol–water partition coefficient (Wildman–Crippen LogP) is 4.78. The average molecular weight is 633 g/mol. The third-order valence-corrected chi connectivity index (χ3v) is 11.0. The number of hydrogen-bond donors (Lipinski definition) is 2. The molecule has 2 aromatic rings. The molecule has 1 saturated carbocycles. The van der Waals surface area contributed by atoms with E-state index in [4.69, 9.17) is 31.0 Å². The van der Waals surface area contributed by atoms with Crippen LogP contribution in [0.5, 0.6) is 5.75 Å². The van der Waals surface area contributed by atoms with Gasteiger partial charge in [-0.3, -0.25) is 0 Å². The van der Waals surface area contributed by atoms with Crippen LogP contribution in [0.25, 0.3) is 0 Å². The molecule has 2 unspecified atom stereocenters. The smallest absolute Gasteiger partial charge is 0.335 e. The van der Waals surface area contributed by atoms with E-state index in [0.717, 1.165) is 68.7 Å². The van der Waals surface area contributed by atoms with Crippen molar-refractivity contribution in [1.82, 2.24) is 0 Å². The lowest BCUT2D eigenvalue weighted by molar-refractivity contribution is -0.126. The zero-order chi connectivity index (χ0) is 30.4. The minimum Gasteiger partial charge on any atom is -0.490 e. The highest BCUT2D eigenvalue weighted by Crippen LogP contribution is 2.47. The Morgan fingerprint density at radius 1 is 1.23 bits per heavy atom. The summed E-state index contributed by atoms with van der Waals surface area (Å²) in [6.07, 6.45) is 6.03. The summed E-state index contributed by atoms with van der Waals surface area (Å²) in [6, 6.07) is 11.4. The number of anilines is 1. The molecule has 2 fully saturated rings. The van der Waals surface area contributed by atoms with Crippen molar-refractivity contribution in [1.29, 1.82) is 0 Å². The highest BCUT2D eigenvalue weighted by atomic mass is 35.5. The topological polar surface area (TPSA) is 128 Å². The van der Waals surface area contributed by atoms with Crippen LogP contribution in [0.4, 0.5) is 5.69 Å². The van der Waals surface area contributed by atoms with Gasteiger partial charge in [0.1, 0.15) is 5.75 Å². The number of halogens is 1. The summed E-state index contributed by atoms with van der Waals surface area (Å²) in [5, 5.41) is 15.8. The zero-order valence-corrected chi connectivity index (χ0v) is 26.1. The quantitative estimate of drug-likeness (QED) is 0.426. The minimum absolute atomic E-state index is 0.0266. The average Bonchev–Trinajstić information content (AvgIpc) is 3.07. The number of aryl methyl sites for hydroxylation is 1. The van der Waals surface area contributed by atoms with E-state index >= 15 is 0 Å². The third kappa shape index (κ3) is 6.68. The molecule has 9 nitrogen and oxygen atoms in total. The van der Waals surface area contributed by atoms with Gasteiger partial charge in [0.05, 0.1) is 41.9 Å². The normalized spacial score (nSPS) is 29.5. The Hall–Kier alpha value is -2.37. The number of benzene rings is 2. The molecule has 0 radical (unpaired) electrons. The predicted molar refractivity (Wildman–Crippen MR) is 165 cm³/mol. The summed E-state index contributed by atoms with van der Waals surface area (Å²) in [6.45, 7) is 4.34. The molecule has 2 aliphatic carbocycles. The Balaban J connectivity index is 1.24. The number of hydrogen-bond acceptors (Lipinski definition) is 7. The number of primary sulfonamides is 1. The molecule has 0 bridgehead atoms. The standard InChI is InChI=1S/C32H41ClN2O7S/c1-20(17-43(34,38)39)42-25-10-12-40-30(15-25)26-7-4-23(26)16-35-18-32(11-2-3-21-13-24(33)6-8-27(21)32)19-41-29-9-5-22(31(36)37)14-28(29)35/h5-6,8-9,13-14,20,23,25-26,30H,2-4,7,10-12,15-19H2,1H3,(H,36,37)(H2,34,38,39)/t20?,23-,25-,26+,30+,32?/m0/s1. The second-order valence-electron chi connectivity index (χ2n) is 12.9. The fraction of sp³-hybridized carbons (Fsp3) is 0.594. The van der Waals surface area contributed by atoms with E-state index < -0.39 is 22.1 Å². The summed E-state index contributed by atoms with van der Waals surface area (Å²) >= 11 is 6.39. The third-order valence-electron chi connectivity index (χ3n) is 9.85. The Labute approximate surface area is 258 Å². The lowest BCUT2D eigenvalue weighted by Gasteiger charge is -2.48. The number of sulfonamides is 1. The van der Waals surface area contributed by atoms with Gasteiger partial charge in [-0.1, -0.05) is 17.7 Å². The highest BCUT2D eigenvalue weighted by Gasteiger charge is 2.45. The maximum absolute atomic E-state index is 12.0. The van der Waals surface area contributed by atoms with E-state index in [2.05, 4.69) is 17.0 Å². The van der Waals surface area contributed by atoms with Crippen molar-refractivity contribution in [3.8, 4) is 5.75 Å². The number of nitrogens with zero attached hydrogens (tertiary/aromatic N) is 1. The minimum atomic E-state index is -3.61. The summed E-state index contributed by atoms with van der Waals surface area (Å²) < 4.78 is 41.9. The second kappa shape index (κ2) is 12.2. The number of rotatable bonds is 8. The summed E-state index contributed by atoms with van der Waals surface area (Å²) in [4.78, 5) is 14.3. The summed E-state index contributed by atoms with van der Waals surface area (Å²) in [5.41, 5.74) is 3.37. The first-order valence-corrected chi connectivity index (χ1v) is 17.4. The van der Waals surface area contributed by atoms with Crippen LogP contribution >= 0.6 is 11.6 Å². The summed E-state index contributed by atoms with van der Waals surface area (Å²) in [5.74, 6) is 0.246. The van der Waals surface area contributed by atoms with Crippen LogP contribution in [0.15, 0.2) is 36.4 Å². The van der Waals surface area contributed by atoms with Crippen LogP contribution in [0, 0.1) is 11.8 Å². The molecule has 0 aromatic heterocycles. The molecule has 1 spiro atoms. The Morgan fingerprint density at radius 2 is 2.07 bits per heavy atom. The first-order chi connectivity index (χ1) is 20.5. The number of nitrogens with two attached hydrogens (primary N) is 1. The Kier molecular flexibility index (Phi) is 8.69. The van der Waals surface area contributed by atoms with Gasteiger partial charge in [-0.05, 0) is 98.7 Å². The molecule has 2 heterocycles. The lowest BCUT2D eigenvalue weighted by Crippen LogP contribution is -2.51. The fourth-order valence-corrected chi connectivity index (χ4v) is 8.68. The molecular formula is C32H41ClN2O7S. The van der Waals surface area contributed by atoms with Crippen molar-refractivity contribution in [2.45, 2.75) is 75.6 Å². The second-order valence-corrected chi connectivity index (χ2v) is 15.0. The molecule has 6 rings (SSSR count). The molecule has 2 aliphatic heterocycles. The lowest BCUT2D eigenvalue weighted by atomic mass is 9.67. The van der Waals surface area contributed by atoms with Gasteiger partial charge in [-0.25, -0.2) is 18.4 Å². The molecule has 11 heteroatoms. The van der Waals surface area contributed by atoms with Gasteiger partial charge in [-0.2, -0.15) is 0 Å². The molecule has 2 aromatic carbocycles. The van der Waals surface area contributed by atoms with Gasteiger partial charge < -0.3 is 24.2 Å². The van der Waals surface area contributed by atoms with Crippen molar-refractivity contribution in [2.75, 3.05) is 37.0 Å². The van der Waals surface area contributed by atoms with Crippen LogP contribution < -0.4 is 14.8 Å². The van der Waals surface area contributed by atoms with E-state index in [1.54, 1.807) is 25.1 Å². The van der Waals surface area contributed by atoms with Crippen LogP contribution in [-0.4, -0.2) is 69.9 Å². The molecule has 3 N–H and O–H groups in total. The fourth-order valence-electron chi connectivity index (χ4n) is 7.75. The number of carbonyl (C=O) groups is 1. The van der Waals surface area contributed by atoms with Crippen molar-refractivity contribution in [3.05, 3.63) is 58.1 Å². The van der Waals surface area contributed by atoms with Crippen molar-refractivity contribution in [3.63, 3.8) is 0 Å². The highest BCUT2D eigenvalue weighted by molar-refractivity contribution is 7.89. The first-order valence-electron chi connectivity index (χ1n) is 15.3. The number of fused-ring (bicyclic) bond motifs is 3. The van der Waals surface area contributed by atoms with E-state index in [9.17, 15) is 18.3 Å². The molecule has 0 amide bonds. The largest absolute Gasteiger partial charge is 0.490 e. The van der Waals surface area contributed by atoms with E-state index in [1.807, 2.05) is 6.07 Å². The van der Waals surface area contributed by atoms with Gasteiger partial charge >= 0.3 is 5.97 Å². The van der Waals surface area contributed by atoms with Gasteiger partial charge in [0, 0.05) is 36.6 Å². The molecule has 4 aliphatic rings. The summed E-state index contributed by atoms with van der Waals surface area (Å²) in [7, 11) is -3.61. The van der Waals surface area contributed by atoms with Crippen LogP contribution in [0.1, 0.15) is 66.9 Å². The SMILES string of the molecule is CC(CS(N)(=O)=O)O[C@H]1CCO[C@@H]([C@@H]2CC[C@H]2CN2CC3(CCCc4cc(Cl)ccc43)COc3ccc(C(=O)O)cc32)C1. The van der Waals surface area contributed by atoms with Gasteiger partial charge in [0.25, 0.3) is 0 Å². The molecule has 43 heavy (non-hydrogen) atoms. The number of aromatic carboxylic acids is 1. The number of carboxylic acids is 1. The van der Waals surface area contributed by atoms with Crippen LogP contribution in [0.2, 0.25) is 5.02 Å². The maximum Gasteiger partial charge on any atom is 0.335 e. The van der Waals surface area contributed by atoms with E-state index in [-0.39, 0.29) is 28.9 Å².